The van der Waals surface area contributed by atoms with Crippen LogP contribution in [0.5, 0.6) is 0 Å². The van der Waals surface area contributed by atoms with Crippen molar-refractivity contribution in [1.82, 2.24) is 0 Å². The third-order valence-corrected chi connectivity index (χ3v) is 10.9. The summed E-state index contributed by atoms with van der Waals surface area (Å²) in [6, 6.07) is 59.2. The molecule has 11 rings (SSSR count). The summed E-state index contributed by atoms with van der Waals surface area (Å²) in [6.45, 7) is 4.09. The van der Waals surface area contributed by atoms with Crippen molar-refractivity contribution in [1.29, 1.82) is 0 Å². The summed E-state index contributed by atoms with van der Waals surface area (Å²) in [6.07, 6.45) is 6.12. The fourth-order valence-corrected chi connectivity index (χ4v) is 8.19. The number of rotatable bonds is 7. The monoisotopic (exact) mass is 719 g/mol. The maximum Gasteiger partial charge on any atom is 0.143 e. The van der Waals surface area contributed by atoms with E-state index >= 15 is 0 Å². The Hall–Kier alpha value is -7.56. The van der Waals surface area contributed by atoms with Crippen LogP contribution in [-0.4, -0.2) is 0 Å². The molecule has 0 atom stereocenters. The second kappa shape index (κ2) is 12.8. The van der Waals surface area contributed by atoms with Gasteiger partial charge in [-0.2, -0.15) is 0 Å². The Morgan fingerprint density at radius 1 is 0.446 bits per heavy atom. The molecule has 264 valence electrons. The summed E-state index contributed by atoms with van der Waals surface area (Å²) in [5, 5.41) is 7.75. The predicted octanol–water partition coefficient (Wildman–Crippen LogP) is 15.3. The summed E-state index contributed by atoms with van der Waals surface area (Å²) >= 11 is 0. The maximum atomic E-state index is 6.42. The molecule has 4 heteroatoms. The van der Waals surface area contributed by atoms with Gasteiger partial charge in [-0.1, -0.05) is 122 Å². The third-order valence-electron chi connectivity index (χ3n) is 10.9. The highest BCUT2D eigenvalue weighted by molar-refractivity contribution is 6.10. The molecule has 0 fully saturated rings. The first-order valence-electron chi connectivity index (χ1n) is 18.8. The van der Waals surface area contributed by atoms with Gasteiger partial charge in [0, 0.05) is 49.4 Å². The van der Waals surface area contributed by atoms with Crippen LogP contribution in [0.3, 0.4) is 0 Å². The lowest BCUT2D eigenvalue weighted by atomic mass is 10.0. The zero-order valence-electron chi connectivity index (χ0n) is 30.3. The molecule has 11 aromatic rings. The molecule has 0 spiro atoms. The Balaban J connectivity index is 1.06. The number of fused-ring (bicyclic) bond motifs is 8. The van der Waals surface area contributed by atoms with Crippen molar-refractivity contribution in [3.63, 3.8) is 0 Å². The Morgan fingerprint density at radius 2 is 1.11 bits per heavy atom. The van der Waals surface area contributed by atoms with Gasteiger partial charge in [-0.25, -0.2) is 0 Å². The van der Waals surface area contributed by atoms with E-state index in [0.717, 1.165) is 105 Å². The average Bonchev–Trinajstić information content (AvgIpc) is 3.93. The molecule has 0 radical (unpaired) electrons. The van der Waals surface area contributed by atoms with Crippen molar-refractivity contribution in [2.75, 3.05) is 4.90 Å². The van der Waals surface area contributed by atoms with Crippen molar-refractivity contribution in [3.05, 3.63) is 193 Å². The molecule has 56 heavy (non-hydrogen) atoms. The van der Waals surface area contributed by atoms with E-state index < -0.39 is 0 Å². The Labute approximate surface area is 322 Å². The van der Waals surface area contributed by atoms with Crippen LogP contribution in [0.4, 0.5) is 17.1 Å². The van der Waals surface area contributed by atoms with E-state index in [4.69, 9.17) is 13.3 Å². The molecule has 8 aromatic carbocycles. The molecular formula is C52H33NO3. The van der Waals surface area contributed by atoms with Crippen LogP contribution in [0.15, 0.2) is 190 Å². The smallest absolute Gasteiger partial charge is 0.143 e. The lowest BCUT2D eigenvalue weighted by Gasteiger charge is -2.27. The molecule has 0 N–H and O–H groups in total. The molecule has 3 aromatic heterocycles. The second-order valence-electron chi connectivity index (χ2n) is 14.1. The van der Waals surface area contributed by atoms with E-state index in [0.29, 0.717) is 0 Å². The molecule has 0 aliphatic rings. The largest absolute Gasteiger partial charge is 0.456 e. The van der Waals surface area contributed by atoms with Crippen molar-refractivity contribution in [2.45, 2.75) is 0 Å². The first kappa shape index (κ1) is 31.9. The van der Waals surface area contributed by atoms with Crippen molar-refractivity contribution < 1.29 is 13.3 Å². The molecule has 0 saturated heterocycles. The molecule has 4 nitrogen and oxygen atoms in total. The number of nitrogens with zero attached hydrogens (tertiary/aromatic N) is 1. The quantitative estimate of drug-likeness (QED) is 0.164. The van der Waals surface area contributed by atoms with Gasteiger partial charge in [-0.3, -0.25) is 0 Å². The van der Waals surface area contributed by atoms with Gasteiger partial charge in [0.15, 0.2) is 0 Å². The van der Waals surface area contributed by atoms with Gasteiger partial charge < -0.3 is 18.2 Å². The minimum atomic E-state index is 0.744. The molecule has 0 unspecified atom stereocenters. The molecule has 0 amide bonds. The van der Waals surface area contributed by atoms with Gasteiger partial charge in [0.2, 0.25) is 0 Å². The lowest BCUT2D eigenvalue weighted by Crippen LogP contribution is -2.11. The van der Waals surface area contributed by atoms with Crippen molar-refractivity contribution in [3.8, 4) is 11.1 Å². The summed E-state index contributed by atoms with van der Waals surface area (Å²) < 4.78 is 19.0. The van der Waals surface area contributed by atoms with Gasteiger partial charge in [-0.15, -0.1) is 0 Å². The first-order chi connectivity index (χ1) is 27.7. The standard InChI is InChI=1S/C52H33NO3/c1-2-47-42(44-30-35-13-3-4-14-36(35)31-51(44)54-47)28-24-34-12-5-8-19-46(34)53(38-27-29-50-45(32-38)41-16-7-9-20-48(41)55-50)37-25-22-33(23-26-37)39-17-11-18-43-40-15-6-10-21-49(40)56-52(39)43/h2-32H,1H2/b28-24+. The SMILES string of the molecule is C=Cc1oc2cc3ccccc3cc2c1/C=C/c1ccccc1N(c1ccc(-c2cccc3c2oc2ccccc23)cc1)c1ccc2oc3ccccc3c2c1. The zero-order valence-corrected chi connectivity index (χ0v) is 30.3. The molecule has 3 heterocycles. The van der Waals surface area contributed by atoms with Crippen LogP contribution < -0.4 is 4.90 Å². The van der Waals surface area contributed by atoms with E-state index in [1.807, 2.05) is 24.3 Å². The number of anilines is 3. The molecule has 0 aliphatic heterocycles. The van der Waals surface area contributed by atoms with Crippen LogP contribution in [0.2, 0.25) is 0 Å². The normalized spacial score (nSPS) is 11.9. The van der Waals surface area contributed by atoms with E-state index in [-0.39, 0.29) is 0 Å². The van der Waals surface area contributed by atoms with Gasteiger partial charge in [-0.05, 0) is 94.7 Å². The Kier molecular flexibility index (Phi) is 7.29. The molecular weight excluding hydrogens is 687 g/mol. The van der Waals surface area contributed by atoms with Gasteiger partial charge in [0.05, 0.1) is 5.69 Å². The summed E-state index contributed by atoms with van der Waals surface area (Å²) in [4.78, 5) is 2.32. The van der Waals surface area contributed by atoms with E-state index in [1.165, 1.54) is 5.39 Å². The lowest BCUT2D eigenvalue weighted by molar-refractivity contribution is 0.604. The maximum absolute atomic E-state index is 6.42. The number of furan rings is 3. The van der Waals surface area contributed by atoms with E-state index in [1.54, 1.807) is 6.08 Å². The van der Waals surface area contributed by atoms with Crippen LogP contribution in [0, 0.1) is 0 Å². The fraction of sp³-hybridized carbons (Fsp3) is 0. The predicted molar refractivity (Wildman–Crippen MR) is 234 cm³/mol. The first-order valence-corrected chi connectivity index (χ1v) is 18.8. The van der Waals surface area contributed by atoms with Crippen molar-refractivity contribution >= 4 is 101 Å². The van der Waals surface area contributed by atoms with Crippen molar-refractivity contribution in [2.24, 2.45) is 0 Å². The fourth-order valence-electron chi connectivity index (χ4n) is 8.19. The van der Waals surface area contributed by atoms with Crippen LogP contribution in [0.1, 0.15) is 16.9 Å². The second-order valence-corrected chi connectivity index (χ2v) is 14.1. The highest BCUT2D eigenvalue weighted by atomic mass is 16.3. The van der Waals surface area contributed by atoms with Crippen LogP contribution >= 0.6 is 0 Å². The van der Waals surface area contributed by atoms with Gasteiger partial charge in [0.25, 0.3) is 0 Å². The van der Waals surface area contributed by atoms with Gasteiger partial charge in [0.1, 0.15) is 33.7 Å². The van der Waals surface area contributed by atoms with E-state index in [2.05, 4.69) is 169 Å². The Bertz CT molecular complexity index is 3340. The minimum Gasteiger partial charge on any atom is -0.456 e. The van der Waals surface area contributed by atoms with Crippen LogP contribution in [-0.2, 0) is 0 Å². The minimum absolute atomic E-state index is 0.744. The molecule has 0 aliphatic carbocycles. The molecule has 0 bridgehead atoms. The third kappa shape index (κ3) is 5.15. The topological polar surface area (TPSA) is 42.7 Å². The highest BCUT2D eigenvalue weighted by Gasteiger charge is 2.19. The number of hydrogen-bond donors (Lipinski definition) is 0. The average molecular weight is 720 g/mol. The summed E-state index contributed by atoms with van der Waals surface area (Å²) in [7, 11) is 0. The summed E-state index contributed by atoms with van der Waals surface area (Å²) in [5.41, 5.74) is 11.6. The highest BCUT2D eigenvalue weighted by Crippen LogP contribution is 2.43. The molecule has 0 saturated carbocycles. The van der Waals surface area contributed by atoms with E-state index in [9.17, 15) is 0 Å². The Morgan fingerprint density at radius 3 is 1.93 bits per heavy atom. The number of para-hydroxylation sites is 4. The number of hydrogen-bond acceptors (Lipinski definition) is 4. The van der Waals surface area contributed by atoms with Gasteiger partial charge >= 0.3 is 0 Å². The number of benzene rings is 8. The van der Waals surface area contributed by atoms with Crippen LogP contribution in [0.25, 0.3) is 95.0 Å². The zero-order chi connectivity index (χ0) is 37.2. The summed E-state index contributed by atoms with van der Waals surface area (Å²) in [5.74, 6) is 0.744.